The van der Waals surface area contributed by atoms with Gasteiger partial charge in [-0.15, -0.1) is 16.4 Å². The van der Waals surface area contributed by atoms with Gasteiger partial charge in [0.2, 0.25) is 4.96 Å². The summed E-state index contributed by atoms with van der Waals surface area (Å²) in [6.45, 7) is 2.37. The highest BCUT2D eigenvalue weighted by Gasteiger charge is 2.19. The number of thiazole rings is 1. The van der Waals surface area contributed by atoms with E-state index in [2.05, 4.69) is 14.8 Å². The van der Waals surface area contributed by atoms with E-state index in [0.717, 1.165) is 11.3 Å². The fourth-order valence-electron chi connectivity index (χ4n) is 2.83. The van der Waals surface area contributed by atoms with Gasteiger partial charge in [0, 0.05) is 10.9 Å². The normalized spacial score (nSPS) is 11.5. The first kappa shape index (κ1) is 19.2. The molecule has 2 aromatic heterocycles. The summed E-state index contributed by atoms with van der Waals surface area (Å²) in [6, 6.07) is 13.7. The van der Waals surface area contributed by atoms with Gasteiger partial charge in [0.1, 0.15) is 11.5 Å². The molecule has 4 rings (SSSR count). The van der Waals surface area contributed by atoms with Crippen molar-refractivity contribution >= 4 is 32.3 Å². The molecule has 0 amide bonds. The second-order valence-electron chi connectivity index (χ2n) is 5.96. The Labute approximate surface area is 171 Å². The Morgan fingerprint density at radius 2 is 1.90 bits per heavy atom. The van der Waals surface area contributed by atoms with Crippen LogP contribution in [0.3, 0.4) is 0 Å². The van der Waals surface area contributed by atoms with Crippen LogP contribution in [-0.2, 0) is 10.0 Å². The van der Waals surface area contributed by atoms with Crippen LogP contribution in [-0.4, -0.2) is 36.7 Å². The third kappa shape index (κ3) is 3.76. The summed E-state index contributed by atoms with van der Waals surface area (Å²) in [5.41, 5.74) is 1.61. The molecule has 0 saturated carbocycles. The lowest BCUT2D eigenvalue weighted by atomic mass is 10.1. The number of nitrogens with one attached hydrogen (secondary N) is 1. The number of hydrogen-bond acceptors (Lipinski definition) is 7. The smallest absolute Gasteiger partial charge is 0.264 e. The third-order valence-electron chi connectivity index (χ3n) is 4.14. The Hall–Kier alpha value is -3.11. The predicted molar refractivity (Wildman–Crippen MR) is 111 cm³/mol. The monoisotopic (exact) mass is 430 g/mol. The summed E-state index contributed by atoms with van der Waals surface area (Å²) in [4.78, 5) is 4.95. The molecule has 0 aliphatic rings. The lowest BCUT2D eigenvalue weighted by Gasteiger charge is -2.07. The number of hydrogen-bond donors (Lipinski definition) is 1. The molecule has 0 radical (unpaired) electrons. The Bertz CT molecular complexity index is 1250. The second kappa shape index (κ2) is 7.72. The van der Waals surface area contributed by atoms with Crippen LogP contribution < -0.4 is 14.2 Å². The van der Waals surface area contributed by atoms with Crippen LogP contribution >= 0.6 is 11.3 Å². The van der Waals surface area contributed by atoms with Gasteiger partial charge in [0.05, 0.1) is 24.3 Å². The minimum absolute atomic E-state index is 0.00174. The summed E-state index contributed by atoms with van der Waals surface area (Å²) in [7, 11) is -2.23. The molecule has 0 unspecified atom stereocenters. The van der Waals surface area contributed by atoms with Gasteiger partial charge in [0.25, 0.3) is 16.0 Å². The van der Waals surface area contributed by atoms with Gasteiger partial charge in [-0.25, -0.2) is 17.7 Å². The highest BCUT2D eigenvalue weighted by atomic mass is 32.2. The van der Waals surface area contributed by atoms with E-state index in [-0.39, 0.29) is 10.8 Å². The molecule has 0 saturated heterocycles. The molecule has 0 aliphatic heterocycles. The standard InChI is InChI=1S/C19H18N4O4S2/c1-3-27-13-8-10-14(11-9-13)29(24,25)22-18-20-19-23(21-18)16(12-28-19)15-6-4-5-7-17(15)26-2/h4-12H,3H2,1-2H3,(H,21,22). The van der Waals surface area contributed by atoms with Crippen LogP contribution in [0.2, 0.25) is 0 Å². The van der Waals surface area contributed by atoms with Crippen LogP contribution in [0.15, 0.2) is 58.8 Å². The van der Waals surface area contributed by atoms with E-state index < -0.39 is 10.0 Å². The zero-order valence-corrected chi connectivity index (χ0v) is 17.3. The molecule has 0 bridgehead atoms. The molecular formula is C19H18N4O4S2. The summed E-state index contributed by atoms with van der Waals surface area (Å²) >= 11 is 1.36. The number of benzene rings is 2. The SMILES string of the molecule is CCOc1ccc(S(=O)(=O)Nc2nc3scc(-c4ccccc4OC)n3n2)cc1. The van der Waals surface area contributed by atoms with Crippen molar-refractivity contribution < 1.29 is 17.9 Å². The first-order chi connectivity index (χ1) is 14.0. The first-order valence-electron chi connectivity index (χ1n) is 8.75. The summed E-state index contributed by atoms with van der Waals surface area (Å²) in [6.07, 6.45) is 0. The Kier molecular flexibility index (Phi) is 5.12. The largest absolute Gasteiger partial charge is 0.496 e. The first-order valence-corrected chi connectivity index (χ1v) is 11.1. The Morgan fingerprint density at radius 3 is 2.62 bits per heavy atom. The molecule has 0 fully saturated rings. The molecule has 8 nitrogen and oxygen atoms in total. The number of fused-ring (bicyclic) bond motifs is 1. The minimum Gasteiger partial charge on any atom is -0.496 e. The van der Waals surface area contributed by atoms with Crippen LogP contribution in [0.25, 0.3) is 16.2 Å². The minimum atomic E-state index is -3.82. The van der Waals surface area contributed by atoms with Crippen molar-refractivity contribution in [1.29, 1.82) is 0 Å². The van der Waals surface area contributed by atoms with E-state index in [9.17, 15) is 8.42 Å². The fourth-order valence-corrected chi connectivity index (χ4v) is 4.59. The summed E-state index contributed by atoms with van der Waals surface area (Å²) in [5, 5.41) is 6.23. The van der Waals surface area contributed by atoms with E-state index in [1.54, 1.807) is 23.8 Å². The van der Waals surface area contributed by atoms with Crippen molar-refractivity contribution in [3.05, 3.63) is 53.9 Å². The Balaban J connectivity index is 1.64. The molecule has 29 heavy (non-hydrogen) atoms. The number of methoxy groups -OCH3 is 1. The summed E-state index contributed by atoms with van der Waals surface area (Å²) in [5.74, 6) is 1.30. The summed E-state index contributed by atoms with van der Waals surface area (Å²) < 4.78 is 40.1. The van der Waals surface area contributed by atoms with Crippen molar-refractivity contribution in [3.63, 3.8) is 0 Å². The van der Waals surface area contributed by atoms with E-state index in [1.807, 2.05) is 36.6 Å². The van der Waals surface area contributed by atoms with Gasteiger partial charge in [-0.2, -0.15) is 4.98 Å². The number of aromatic nitrogens is 3. The Morgan fingerprint density at radius 1 is 1.14 bits per heavy atom. The highest BCUT2D eigenvalue weighted by Crippen LogP contribution is 2.32. The van der Waals surface area contributed by atoms with Gasteiger partial charge in [-0.3, -0.25) is 0 Å². The molecule has 2 heterocycles. The average Bonchev–Trinajstić information content (AvgIpc) is 3.28. The van der Waals surface area contributed by atoms with E-state index >= 15 is 0 Å². The van der Waals surface area contributed by atoms with Gasteiger partial charge in [0.15, 0.2) is 0 Å². The maximum atomic E-state index is 12.7. The molecule has 10 heteroatoms. The maximum Gasteiger partial charge on any atom is 0.264 e. The van der Waals surface area contributed by atoms with Gasteiger partial charge in [-0.05, 0) is 43.3 Å². The lowest BCUT2D eigenvalue weighted by molar-refractivity contribution is 0.340. The topological polar surface area (TPSA) is 94.8 Å². The number of nitrogens with zero attached hydrogens (tertiary/aromatic N) is 3. The predicted octanol–water partition coefficient (Wildman–Crippen LogP) is 3.67. The van der Waals surface area contributed by atoms with Crippen molar-refractivity contribution in [2.24, 2.45) is 0 Å². The van der Waals surface area contributed by atoms with Crippen molar-refractivity contribution in [3.8, 4) is 22.8 Å². The van der Waals surface area contributed by atoms with E-state index in [4.69, 9.17) is 9.47 Å². The van der Waals surface area contributed by atoms with Gasteiger partial charge >= 0.3 is 0 Å². The van der Waals surface area contributed by atoms with Crippen LogP contribution in [0.5, 0.6) is 11.5 Å². The fraction of sp³-hybridized carbons (Fsp3) is 0.158. The number of sulfonamides is 1. The quantitative estimate of drug-likeness (QED) is 0.481. The number of anilines is 1. The third-order valence-corrected chi connectivity index (χ3v) is 6.30. The number of para-hydroxylation sites is 1. The molecule has 2 aromatic carbocycles. The lowest BCUT2D eigenvalue weighted by Crippen LogP contribution is -2.14. The van der Waals surface area contributed by atoms with Gasteiger partial charge in [-0.1, -0.05) is 12.1 Å². The second-order valence-corrected chi connectivity index (χ2v) is 8.48. The molecule has 0 aliphatic carbocycles. The molecule has 1 N–H and O–H groups in total. The number of ether oxygens (including phenoxy) is 2. The van der Waals surface area contributed by atoms with Crippen LogP contribution in [0, 0.1) is 0 Å². The van der Waals surface area contributed by atoms with Crippen molar-refractivity contribution in [2.75, 3.05) is 18.4 Å². The van der Waals surface area contributed by atoms with Crippen molar-refractivity contribution in [1.82, 2.24) is 14.6 Å². The van der Waals surface area contributed by atoms with Gasteiger partial charge < -0.3 is 9.47 Å². The van der Waals surface area contributed by atoms with E-state index in [0.29, 0.717) is 23.1 Å². The van der Waals surface area contributed by atoms with E-state index in [1.165, 1.54) is 23.5 Å². The number of rotatable bonds is 7. The maximum absolute atomic E-state index is 12.7. The van der Waals surface area contributed by atoms with Crippen LogP contribution in [0.1, 0.15) is 6.92 Å². The molecule has 0 atom stereocenters. The van der Waals surface area contributed by atoms with Crippen LogP contribution in [0.4, 0.5) is 5.95 Å². The molecule has 0 spiro atoms. The molecule has 4 aromatic rings. The average molecular weight is 431 g/mol. The molecule has 150 valence electrons. The zero-order chi connectivity index (χ0) is 20.4. The zero-order valence-electron chi connectivity index (χ0n) is 15.7. The highest BCUT2D eigenvalue weighted by molar-refractivity contribution is 7.92. The molecular weight excluding hydrogens is 412 g/mol. The van der Waals surface area contributed by atoms with Crippen molar-refractivity contribution in [2.45, 2.75) is 11.8 Å².